The molecule has 0 bridgehead atoms. The van der Waals surface area contributed by atoms with Gasteiger partial charge >= 0.3 is 7.60 Å². The molecule has 0 radical (unpaired) electrons. The molecule has 1 heterocycles. The lowest BCUT2D eigenvalue weighted by Gasteiger charge is -2.15. The van der Waals surface area contributed by atoms with E-state index in [1.807, 2.05) is 0 Å². The monoisotopic (exact) mass is 278 g/mol. The first-order valence-electron chi connectivity index (χ1n) is 5.16. The molecule has 1 amide bonds. The zero-order valence-electron chi connectivity index (χ0n) is 9.71. The number of carbonyl (C=O) groups is 1. The van der Waals surface area contributed by atoms with Gasteiger partial charge in [0.25, 0.3) is 0 Å². The number of rotatable bonds is 8. The minimum Gasteiger partial charge on any atom is -0.309 e. The highest BCUT2D eigenvalue weighted by Crippen LogP contribution is 2.51. The molecule has 8 heteroatoms. The van der Waals surface area contributed by atoms with Gasteiger partial charge in [0.1, 0.15) is 0 Å². The third-order valence-corrected chi connectivity index (χ3v) is 4.58. The number of amides is 1. The Morgan fingerprint density at radius 1 is 1.47 bits per heavy atom. The SMILES string of the molecule is CCOP(=O)(Cc1csc(NC=O)n1)OCC. The molecule has 1 rings (SSSR count). The summed E-state index contributed by atoms with van der Waals surface area (Å²) in [6.07, 6.45) is 0.666. The number of nitrogens with one attached hydrogen (secondary N) is 1. The summed E-state index contributed by atoms with van der Waals surface area (Å²) >= 11 is 1.27. The Balaban J connectivity index is 2.71. The van der Waals surface area contributed by atoms with Crippen LogP contribution in [0.25, 0.3) is 0 Å². The minimum absolute atomic E-state index is 0.117. The van der Waals surface area contributed by atoms with Crippen LogP contribution in [0.3, 0.4) is 0 Å². The summed E-state index contributed by atoms with van der Waals surface area (Å²) in [5, 5.41) is 4.62. The van der Waals surface area contributed by atoms with Gasteiger partial charge in [-0.05, 0) is 13.8 Å². The normalized spacial score (nSPS) is 11.4. The van der Waals surface area contributed by atoms with E-state index in [2.05, 4.69) is 10.3 Å². The maximum atomic E-state index is 12.2. The van der Waals surface area contributed by atoms with Crippen molar-refractivity contribution in [3.05, 3.63) is 11.1 Å². The van der Waals surface area contributed by atoms with Crippen molar-refractivity contribution in [2.45, 2.75) is 20.0 Å². The molecule has 17 heavy (non-hydrogen) atoms. The molecule has 0 unspecified atom stereocenters. The second-order valence-electron chi connectivity index (χ2n) is 3.01. The summed E-state index contributed by atoms with van der Waals surface area (Å²) in [4.78, 5) is 14.3. The van der Waals surface area contributed by atoms with Crippen LogP contribution in [-0.2, 0) is 24.6 Å². The lowest BCUT2D eigenvalue weighted by molar-refractivity contribution is -0.105. The van der Waals surface area contributed by atoms with E-state index in [1.54, 1.807) is 19.2 Å². The van der Waals surface area contributed by atoms with Gasteiger partial charge in [-0.3, -0.25) is 9.36 Å². The molecule has 0 fully saturated rings. The van der Waals surface area contributed by atoms with Gasteiger partial charge in [0.2, 0.25) is 6.41 Å². The first-order chi connectivity index (χ1) is 8.13. The van der Waals surface area contributed by atoms with Gasteiger partial charge in [-0.25, -0.2) is 4.98 Å². The summed E-state index contributed by atoms with van der Waals surface area (Å²) in [6, 6.07) is 0. The van der Waals surface area contributed by atoms with Crippen molar-refractivity contribution in [2.75, 3.05) is 18.5 Å². The second-order valence-corrected chi connectivity index (χ2v) is 5.92. The van der Waals surface area contributed by atoms with Crippen LogP contribution in [0.15, 0.2) is 5.38 Å². The summed E-state index contributed by atoms with van der Waals surface area (Å²) in [5.41, 5.74) is 0.588. The van der Waals surface area contributed by atoms with Crippen molar-refractivity contribution in [2.24, 2.45) is 0 Å². The predicted molar refractivity (Wildman–Crippen MR) is 66.4 cm³/mol. The van der Waals surface area contributed by atoms with E-state index in [4.69, 9.17) is 9.05 Å². The van der Waals surface area contributed by atoms with Crippen LogP contribution in [0, 0.1) is 0 Å². The van der Waals surface area contributed by atoms with Crippen LogP contribution >= 0.6 is 18.9 Å². The highest BCUT2D eigenvalue weighted by atomic mass is 32.1. The molecule has 0 aliphatic rings. The molecule has 0 saturated heterocycles. The Morgan fingerprint density at radius 2 is 2.12 bits per heavy atom. The number of aromatic nitrogens is 1. The molecule has 0 aliphatic heterocycles. The highest BCUT2D eigenvalue weighted by molar-refractivity contribution is 7.53. The largest absolute Gasteiger partial charge is 0.336 e. The Hall–Kier alpha value is -0.750. The van der Waals surface area contributed by atoms with Crippen LogP contribution in [-0.4, -0.2) is 24.6 Å². The predicted octanol–water partition coefficient (Wildman–Crippen LogP) is 2.48. The number of hydrogen-bond donors (Lipinski definition) is 1. The van der Waals surface area contributed by atoms with E-state index in [0.29, 0.717) is 30.4 Å². The molecule has 1 aromatic rings. The van der Waals surface area contributed by atoms with E-state index in [-0.39, 0.29) is 6.16 Å². The summed E-state index contributed by atoms with van der Waals surface area (Å²) < 4.78 is 22.5. The molecule has 0 saturated carbocycles. The average Bonchev–Trinajstić information content (AvgIpc) is 2.66. The smallest absolute Gasteiger partial charge is 0.309 e. The Morgan fingerprint density at radius 3 is 2.65 bits per heavy atom. The zero-order valence-corrected chi connectivity index (χ0v) is 11.4. The lowest BCUT2D eigenvalue weighted by atomic mass is 10.6. The molecule has 1 aromatic heterocycles. The topological polar surface area (TPSA) is 77.5 Å². The van der Waals surface area contributed by atoms with Gasteiger partial charge < -0.3 is 14.4 Å². The molecular weight excluding hydrogens is 263 g/mol. The minimum atomic E-state index is -3.12. The summed E-state index contributed by atoms with van der Waals surface area (Å²) in [6.45, 7) is 4.15. The fourth-order valence-corrected chi connectivity index (χ4v) is 3.61. The van der Waals surface area contributed by atoms with E-state index in [9.17, 15) is 9.36 Å². The molecule has 6 nitrogen and oxygen atoms in total. The van der Waals surface area contributed by atoms with Crippen molar-refractivity contribution in [1.82, 2.24) is 4.98 Å². The fourth-order valence-electron chi connectivity index (χ4n) is 1.22. The molecule has 0 atom stereocenters. The van der Waals surface area contributed by atoms with Crippen molar-refractivity contribution in [3.8, 4) is 0 Å². The average molecular weight is 278 g/mol. The van der Waals surface area contributed by atoms with Crippen molar-refractivity contribution < 1.29 is 18.4 Å². The molecule has 0 spiro atoms. The number of nitrogens with zero attached hydrogens (tertiary/aromatic N) is 1. The molecular formula is C9H15N2O4PS. The van der Waals surface area contributed by atoms with Gasteiger partial charge in [-0.1, -0.05) is 0 Å². The summed E-state index contributed by atoms with van der Waals surface area (Å²) in [5.74, 6) is 0. The highest BCUT2D eigenvalue weighted by Gasteiger charge is 2.25. The molecule has 0 aromatic carbocycles. The van der Waals surface area contributed by atoms with Crippen molar-refractivity contribution in [3.63, 3.8) is 0 Å². The van der Waals surface area contributed by atoms with E-state index in [1.165, 1.54) is 11.3 Å². The Kier molecular flexibility index (Phi) is 5.77. The number of hydrogen-bond acceptors (Lipinski definition) is 6. The lowest BCUT2D eigenvalue weighted by Crippen LogP contribution is -2.00. The van der Waals surface area contributed by atoms with E-state index in [0.717, 1.165) is 0 Å². The van der Waals surface area contributed by atoms with Gasteiger partial charge in [0.05, 0.1) is 25.1 Å². The van der Waals surface area contributed by atoms with Gasteiger partial charge in [0.15, 0.2) is 5.13 Å². The van der Waals surface area contributed by atoms with Gasteiger partial charge in [0, 0.05) is 5.38 Å². The van der Waals surface area contributed by atoms with Crippen LogP contribution in [0.1, 0.15) is 19.5 Å². The number of anilines is 1. The number of carbonyl (C=O) groups excluding carboxylic acids is 1. The van der Waals surface area contributed by atoms with Gasteiger partial charge in [-0.2, -0.15) is 0 Å². The van der Waals surface area contributed by atoms with Gasteiger partial charge in [-0.15, -0.1) is 11.3 Å². The van der Waals surface area contributed by atoms with Crippen LogP contribution in [0.2, 0.25) is 0 Å². The maximum absolute atomic E-state index is 12.2. The molecule has 1 N–H and O–H groups in total. The maximum Gasteiger partial charge on any atom is 0.336 e. The zero-order chi connectivity index (χ0) is 12.7. The van der Waals surface area contributed by atoms with Crippen molar-refractivity contribution in [1.29, 1.82) is 0 Å². The van der Waals surface area contributed by atoms with E-state index >= 15 is 0 Å². The van der Waals surface area contributed by atoms with Crippen LogP contribution < -0.4 is 5.32 Å². The second kappa shape index (κ2) is 6.86. The molecule has 0 aliphatic carbocycles. The summed E-state index contributed by atoms with van der Waals surface area (Å²) in [7, 11) is -3.12. The fraction of sp³-hybridized carbons (Fsp3) is 0.556. The third kappa shape index (κ3) is 4.55. The first-order valence-corrected chi connectivity index (χ1v) is 7.77. The standard InChI is InChI=1S/C9H15N2O4PS/c1-3-14-16(13,15-4-2)5-8-6-17-9(11-8)10-7-12/h6-7H,3-5H2,1-2H3,(H,10,11,12). The first kappa shape index (κ1) is 14.3. The Labute approximate surface area is 104 Å². The Bertz CT molecular complexity index is 399. The molecule has 96 valence electrons. The van der Waals surface area contributed by atoms with E-state index < -0.39 is 7.60 Å². The van der Waals surface area contributed by atoms with Crippen LogP contribution in [0.5, 0.6) is 0 Å². The third-order valence-electron chi connectivity index (χ3n) is 1.74. The van der Waals surface area contributed by atoms with Crippen molar-refractivity contribution >= 4 is 30.5 Å². The van der Waals surface area contributed by atoms with Crippen LogP contribution in [0.4, 0.5) is 5.13 Å². The quantitative estimate of drug-likeness (QED) is 0.584. The number of thiazole rings is 1.